The molecule has 102 valence electrons. The van der Waals surface area contributed by atoms with Crippen LogP contribution in [0.25, 0.3) is 0 Å². The Hall–Kier alpha value is -2.41. The van der Waals surface area contributed by atoms with E-state index < -0.39 is 0 Å². The van der Waals surface area contributed by atoms with Crippen LogP contribution in [0.2, 0.25) is 0 Å². The van der Waals surface area contributed by atoms with Crippen molar-refractivity contribution in [2.45, 2.75) is 12.3 Å². The number of Topliss-reactive ketones (excluding diaryl/α,β-unsaturated/α-hetero) is 1. The zero-order valence-corrected chi connectivity index (χ0v) is 11.7. The third-order valence-electron chi connectivity index (χ3n) is 4.51. The predicted octanol–water partition coefficient (Wildman–Crippen LogP) is 4.32. The van der Waals surface area contributed by atoms with Crippen LogP contribution in [-0.4, -0.2) is 5.78 Å². The van der Waals surface area contributed by atoms with E-state index in [1.165, 1.54) is 11.1 Å². The Kier molecular flexibility index (Phi) is 2.85. The summed E-state index contributed by atoms with van der Waals surface area (Å²) >= 11 is 0. The second kappa shape index (κ2) is 4.85. The van der Waals surface area contributed by atoms with E-state index in [1.807, 2.05) is 36.4 Å². The monoisotopic (exact) mass is 272 g/mol. The van der Waals surface area contributed by atoms with Crippen LogP contribution in [-0.2, 0) is 6.42 Å². The van der Waals surface area contributed by atoms with Gasteiger partial charge in [0.2, 0.25) is 0 Å². The van der Waals surface area contributed by atoms with Gasteiger partial charge in [0.25, 0.3) is 0 Å². The molecule has 4 rings (SSSR count). The van der Waals surface area contributed by atoms with Crippen molar-refractivity contribution in [3.63, 3.8) is 0 Å². The summed E-state index contributed by atoms with van der Waals surface area (Å²) in [6, 6.07) is 18.1. The van der Waals surface area contributed by atoms with Crippen LogP contribution in [0.15, 0.2) is 78.4 Å². The first-order valence-corrected chi connectivity index (χ1v) is 7.40. The van der Waals surface area contributed by atoms with Crippen LogP contribution in [0, 0.1) is 5.92 Å². The average molecular weight is 272 g/mol. The van der Waals surface area contributed by atoms with E-state index in [-0.39, 0.29) is 5.78 Å². The molecule has 0 saturated carbocycles. The van der Waals surface area contributed by atoms with E-state index in [0.717, 1.165) is 17.6 Å². The number of fused-ring (bicyclic) bond motifs is 3. The Morgan fingerprint density at radius 2 is 1.71 bits per heavy atom. The van der Waals surface area contributed by atoms with Crippen LogP contribution >= 0.6 is 0 Å². The van der Waals surface area contributed by atoms with Crippen molar-refractivity contribution in [3.8, 4) is 0 Å². The summed E-state index contributed by atoms with van der Waals surface area (Å²) in [5, 5.41) is 0. The summed E-state index contributed by atoms with van der Waals surface area (Å²) in [4.78, 5) is 12.5. The van der Waals surface area contributed by atoms with E-state index in [0.29, 0.717) is 11.8 Å². The van der Waals surface area contributed by atoms with Gasteiger partial charge in [-0.25, -0.2) is 0 Å². The number of ketones is 1. The van der Waals surface area contributed by atoms with Crippen molar-refractivity contribution in [1.29, 1.82) is 0 Å². The lowest BCUT2D eigenvalue weighted by molar-refractivity contribution is 0.103. The van der Waals surface area contributed by atoms with Gasteiger partial charge in [0.15, 0.2) is 5.78 Å². The predicted molar refractivity (Wildman–Crippen MR) is 84.4 cm³/mol. The summed E-state index contributed by atoms with van der Waals surface area (Å²) in [6.07, 6.45) is 7.40. The van der Waals surface area contributed by atoms with Crippen LogP contribution in [0.3, 0.4) is 0 Å². The maximum absolute atomic E-state index is 12.5. The molecule has 0 aromatic heterocycles. The molecule has 2 aromatic carbocycles. The van der Waals surface area contributed by atoms with Crippen molar-refractivity contribution < 1.29 is 4.79 Å². The molecular formula is C20H16O. The molecule has 0 radical (unpaired) electrons. The van der Waals surface area contributed by atoms with E-state index >= 15 is 0 Å². The van der Waals surface area contributed by atoms with Crippen molar-refractivity contribution in [2.75, 3.05) is 0 Å². The fourth-order valence-electron chi connectivity index (χ4n) is 3.47. The Balaban J connectivity index is 1.65. The average Bonchev–Trinajstić information content (AvgIpc) is 2.92. The fourth-order valence-corrected chi connectivity index (χ4v) is 3.47. The van der Waals surface area contributed by atoms with Gasteiger partial charge in [-0.05, 0) is 23.5 Å². The topological polar surface area (TPSA) is 17.1 Å². The first-order chi connectivity index (χ1) is 10.3. The van der Waals surface area contributed by atoms with Gasteiger partial charge < -0.3 is 0 Å². The number of carbonyl (C=O) groups is 1. The van der Waals surface area contributed by atoms with Crippen LogP contribution < -0.4 is 0 Å². The van der Waals surface area contributed by atoms with Crippen LogP contribution in [0.5, 0.6) is 0 Å². The molecule has 0 saturated heterocycles. The maximum atomic E-state index is 12.5. The van der Waals surface area contributed by atoms with Gasteiger partial charge >= 0.3 is 0 Å². The lowest BCUT2D eigenvalue weighted by atomic mass is 9.84. The molecule has 0 bridgehead atoms. The summed E-state index contributed by atoms with van der Waals surface area (Å²) in [6.45, 7) is 0. The first-order valence-electron chi connectivity index (χ1n) is 7.40. The smallest absolute Gasteiger partial charge is 0.192 e. The minimum Gasteiger partial charge on any atom is -0.289 e. The normalized spacial score (nSPS) is 22.4. The van der Waals surface area contributed by atoms with E-state index in [1.54, 1.807) is 0 Å². The molecule has 2 aromatic rings. The van der Waals surface area contributed by atoms with Crippen molar-refractivity contribution in [3.05, 3.63) is 95.1 Å². The molecular weight excluding hydrogens is 256 g/mol. The Labute approximate surface area is 124 Å². The van der Waals surface area contributed by atoms with E-state index in [4.69, 9.17) is 0 Å². The molecule has 0 fully saturated rings. The van der Waals surface area contributed by atoms with Gasteiger partial charge in [0.05, 0.1) is 0 Å². The summed E-state index contributed by atoms with van der Waals surface area (Å²) < 4.78 is 0. The van der Waals surface area contributed by atoms with Gasteiger partial charge in [0.1, 0.15) is 0 Å². The lowest BCUT2D eigenvalue weighted by Crippen LogP contribution is -2.12. The third kappa shape index (κ3) is 2.06. The van der Waals surface area contributed by atoms with Gasteiger partial charge in [-0.1, -0.05) is 72.8 Å². The number of allylic oxidation sites excluding steroid dienone is 4. The number of hydrogen-bond acceptors (Lipinski definition) is 1. The van der Waals surface area contributed by atoms with Gasteiger partial charge in [-0.15, -0.1) is 0 Å². The highest BCUT2D eigenvalue weighted by atomic mass is 16.1. The molecule has 2 aliphatic rings. The standard InChI is InChI=1S/C20H16O/c21-20(14-6-2-1-3-7-14)16-10-11-19-17(13-16)12-15-8-4-5-9-18(15)19/h1-11,13,17,19H,12H2/t17-,19+/m0/s1. The Morgan fingerprint density at radius 3 is 2.57 bits per heavy atom. The van der Waals surface area contributed by atoms with Crippen molar-refractivity contribution in [2.24, 2.45) is 5.92 Å². The van der Waals surface area contributed by atoms with Crippen LogP contribution in [0.1, 0.15) is 27.4 Å². The highest BCUT2D eigenvalue weighted by molar-refractivity contribution is 6.10. The zero-order valence-electron chi connectivity index (χ0n) is 11.7. The van der Waals surface area contributed by atoms with E-state index in [9.17, 15) is 4.79 Å². The molecule has 0 spiro atoms. The minimum absolute atomic E-state index is 0.126. The summed E-state index contributed by atoms with van der Waals surface area (Å²) in [5.74, 6) is 0.991. The highest BCUT2D eigenvalue weighted by Crippen LogP contribution is 2.42. The molecule has 0 heterocycles. The number of rotatable bonds is 2. The van der Waals surface area contributed by atoms with Crippen LogP contribution in [0.4, 0.5) is 0 Å². The van der Waals surface area contributed by atoms with Gasteiger partial charge in [0, 0.05) is 17.1 Å². The first kappa shape index (κ1) is 12.3. The van der Waals surface area contributed by atoms with Crippen molar-refractivity contribution >= 4 is 5.78 Å². The Morgan fingerprint density at radius 1 is 0.952 bits per heavy atom. The van der Waals surface area contributed by atoms with E-state index in [2.05, 4.69) is 36.4 Å². The maximum Gasteiger partial charge on any atom is 0.192 e. The third-order valence-corrected chi connectivity index (χ3v) is 4.51. The molecule has 1 heteroatoms. The molecule has 1 nitrogen and oxygen atoms in total. The molecule has 0 amide bonds. The summed E-state index contributed by atoms with van der Waals surface area (Å²) in [7, 11) is 0. The molecule has 21 heavy (non-hydrogen) atoms. The highest BCUT2D eigenvalue weighted by Gasteiger charge is 2.31. The SMILES string of the molecule is O=C(C1=C[C@@H]2Cc3ccccc3[C@@H]2C=C1)c1ccccc1. The van der Waals surface area contributed by atoms with Crippen molar-refractivity contribution in [1.82, 2.24) is 0 Å². The zero-order chi connectivity index (χ0) is 14.2. The van der Waals surface area contributed by atoms with Gasteiger partial charge in [-0.3, -0.25) is 4.79 Å². The molecule has 0 unspecified atom stereocenters. The second-order valence-corrected chi connectivity index (χ2v) is 5.77. The number of benzene rings is 2. The largest absolute Gasteiger partial charge is 0.289 e. The summed E-state index contributed by atoms with van der Waals surface area (Å²) in [5.41, 5.74) is 4.43. The lowest BCUT2D eigenvalue weighted by Gasteiger charge is -2.19. The molecule has 2 aliphatic carbocycles. The molecule has 0 aliphatic heterocycles. The Bertz CT molecular complexity index is 752. The minimum atomic E-state index is 0.126. The molecule has 2 atom stereocenters. The second-order valence-electron chi connectivity index (χ2n) is 5.77. The van der Waals surface area contributed by atoms with Gasteiger partial charge in [-0.2, -0.15) is 0 Å². The fraction of sp³-hybridized carbons (Fsp3) is 0.150. The molecule has 0 N–H and O–H groups in total. The number of carbonyl (C=O) groups excluding carboxylic acids is 1. The quantitative estimate of drug-likeness (QED) is 0.744. The number of hydrogen-bond donors (Lipinski definition) is 0.